The fraction of sp³-hybridized carbons (Fsp3) is 0.282. The van der Waals surface area contributed by atoms with Gasteiger partial charge in [0.15, 0.2) is 0 Å². The highest BCUT2D eigenvalue weighted by Crippen LogP contribution is 2.50. The molecule has 2 atom stereocenters. The summed E-state index contributed by atoms with van der Waals surface area (Å²) in [6, 6.07) is 23.9. The van der Waals surface area contributed by atoms with Crippen LogP contribution < -0.4 is 15.8 Å². The molecule has 0 saturated heterocycles. The smallest absolute Gasteiger partial charge is 0.303 e. The van der Waals surface area contributed by atoms with E-state index in [9.17, 15) is 19.5 Å². The number of aliphatic carboxylic acids is 1. The Hall–Kier alpha value is -4.88. The van der Waals surface area contributed by atoms with Gasteiger partial charge in [-0.1, -0.05) is 79.7 Å². The number of nitrogens with zero attached hydrogens (tertiary/aromatic N) is 1. The van der Waals surface area contributed by atoms with E-state index in [2.05, 4.69) is 30.4 Å². The molecule has 7 rings (SSSR count). The molecule has 0 fully saturated rings. The fourth-order valence-corrected chi connectivity index (χ4v) is 7.45. The number of para-hydroxylation sites is 1. The number of hydrogen-bond acceptors (Lipinski definition) is 5. The molecule has 3 aromatic carbocycles. The summed E-state index contributed by atoms with van der Waals surface area (Å²) >= 11 is 0. The zero-order valence-corrected chi connectivity index (χ0v) is 25.8. The van der Waals surface area contributed by atoms with Crippen molar-refractivity contribution in [3.63, 3.8) is 0 Å². The molecule has 232 valence electrons. The van der Waals surface area contributed by atoms with Gasteiger partial charge in [-0.15, -0.1) is 0 Å². The number of ketones is 1. The quantitative estimate of drug-likeness (QED) is 0.258. The topological polar surface area (TPSA) is 106 Å². The molecule has 3 aliphatic rings. The summed E-state index contributed by atoms with van der Waals surface area (Å²) in [7, 11) is 0. The van der Waals surface area contributed by atoms with E-state index in [1.165, 1.54) is 0 Å². The van der Waals surface area contributed by atoms with Crippen LogP contribution in [-0.4, -0.2) is 33.4 Å². The van der Waals surface area contributed by atoms with Gasteiger partial charge in [0.1, 0.15) is 5.78 Å². The van der Waals surface area contributed by atoms with E-state index in [0.717, 1.165) is 49.2 Å². The van der Waals surface area contributed by atoms with Crippen molar-refractivity contribution in [1.82, 2.24) is 10.3 Å². The SMILES string of the molecule is CCC1(OCc2ccccc2)CC2=C(C(=O)NCc3cc4ccccc4nc3CCC(=O)O)CC=c3ccc4c(c32)C1C(=O)CC=4. The number of Topliss-reactive ketones (excluding diaryl/α,β-unsaturated/α-hetero) is 1. The predicted octanol–water partition coefficient (Wildman–Crippen LogP) is 5.11. The molecule has 1 aromatic heterocycles. The number of fused-ring (bicyclic) bond motifs is 1. The Morgan fingerprint density at radius 1 is 1.00 bits per heavy atom. The number of carboxylic acid groups (broad SMARTS) is 1. The molecule has 3 aliphatic carbocycles. The molecule has 2 unspecified atom stereocenters. The Labute approximate surface area is 267 Å². The van der Waals surface area contributed by atoms with Crippen molar-refractivity contribution in [3.8, 4) is 0 Å². The summed E-state index contributed by atoms with van der Waals surface area (Å²) in [5.41, 5.74) is 6.13. The predicted molar refractivity (Wildman–Crippen MR) is 177 cm³/mol. The molecule has 2 N–H and O–H groups in total. The van der Waals surface area contributed by atoms with Crippen LogP contribution in [0.25, 0.3) is 28.6 Å². The van der Waals surface area contributed by atoms with Crippen LogP contribution in [0.4, 0.5) is 0 Å². The van der Waals surface area contributed by atoms with Crippen molar-refractivity contribution in [2.75, 3.05) is 0 Å². The van der Waals surface area contributed by atoms with E-state index in [1.54, 1.807) is 0 Å². The van der Waals surface area contributed by atoms with Crippen LogP contribution in [0, 0.1) is 0 Å². The number of carbonyl (C=O) groups excluding carboxylic acids is 2. The van der Waals surface area contributed by atoms with Gasteiger partial charge in [0, 0.05) is 42.5 Å². The van der Waals surface area contributed by atoms with Crippen molar-refractivity contribution < 1.29 is 24.2 Å². The van der Waals surface area contributed by atoms with E-state index in [4.69, 9.17) is 9.72 Å². The van der Waals surface area contributed by atoms with Crippen molar-refractivity contribution >= 4 is 46.3 Å². The maximum atomic E-state index is 14.1. The van der Waals surface area contributed by atoms with Gasteiger partial charge in [-0.25, -0.2) is 0 Å². The monoisotopic (exact) mass is 612 g/mol. The summed E-state index contributed by atoms with van der Waals surface area (Å²) in [5.74, 6) is -1.32. The van der Waals surface area contributed by atoms with Crippen molar-refractivity contribution in [2.24, 2.45) is 0 Å². The zero-order chi connectivity index (χ0) is 31.8. The van der Waals surface area contributed by atoms with E-state index in [0.29, 0.717) is 43.6 Å². The average Bonchev–Trinajstić information content (AvgIpc) is 3.08. The highest BCUT2D eigenvalue weighted by Gasteiger charge is 2.50. The number of aromatic nitrogens is 1. The van der Waals surface area contributed by atoms with E-state index < -0.39 is 17.5 Å². The van der Waals surface area contributed by atoms with E-state index in [1.807, 2.05) is 66.7 Å². The van der Waals surface area contributed by atoms with Gasteiger partial charge in [-0.05, 0) is 63.2 Å². The molecule has 46 heavy (non-hydrogen) atoms. The number of ether oxygens (including phenoxy) is 1. The lowest BCUT2D eigenvalue weighted by Gasteiger charge is -2.47. The normalized spacial score (nSPS) is 19.7. The van der Waals surface area contributed by atoms with Crippen LogP contribution >= 0.6 is 0 Å². The van der Waals surface area contributed by atoms with Gasteiger partial charge in [0.2, 0.25) is 5.91 Å². The highest BCUT2D eigenvalue weighted by molar-refractivity contribution is 6.06. The van der Waals surface area contributed by atoms with Crippen LogP contribution in [0.5, 0.6) is 0 Å². The number of rotatable bonds is 10. The van der Waals surface area contributed by atoms with E-state index >= 15 is 0 Å². The number of benzene rings is 3. The number of carboxylic acids is 1. The highest BCUT2D eigenvalue weighted by atomic mass is 16.5. The largest absolute Gasteiger partial charge is 0.481 e. The third-order valence-corrected chi connectivity index (χ3v) is 9.79. The minimum Gasteiger partial charge on any atom is -0.481 e. The van der Waals surface area contributed by atoms with Gasteiger partial charge < -0.3 is 15.2 Å². The molecule has 1 heterocycles. The zero-order valence-electron chi connectivity index (χ0n) is 25.8. The number of hydrogen-bond donors (Lipinski definition) is 2. The summed E-state index contributed by atoms with van der Waals surface area (Å²) in [6.45, 7) is 2.67. The van der Waals surface area contributed by atoms with Gasteiger partial charge >= 0.3 is 5.97 Å². The molecule has 0 saturated carbocycles. The lowest BCUT2D eigenvalue weighted by molar-refractivity contribution is -0.137. The Morgan fingerprint density at radius 2 is 1.76 bits per heavy atom. The number of aryl methyl sites for hydroxylation is 1. The fourth-order valence-electron chi connectivity index (χ4n) is 7.45. The molecule has 1 amide bonds. The summed E-state index contributed by atoms with van der Waals surface area (Å²) in [4.78, 5) is 44.0. The van der Waals surface area contributed by atoms with Crippen molar-refractivity contribution in [1.29, 1.82) is 0 Å². The van der Waals surface area contributed by atoms with Crippen molar-refractivity contribution in [2.45, 2.75) is 70.1 Å². The Balaban J connectivity index is 1.27. The van der Waals surface area contributed by atoms with Gasteiger partial charge in [-0.2, -0.15) is 0 Å². The van der Waals surface area contributed by atoms with Crippen LogP contribution in [0.1, 0.15) is 72.9 Å². The molecule has 0 radical (unpaired) electrons. The lowest BCUT2D eigenvalue weighted by atomic mass is 9.62. The van der Waals surface area contributed by atoms with Crippen molar-refractivity contribution in [3.05, 3.63) is 117 Å². The van der Waals surface area contributed by atoms with Crippen LogP contribution in [-0.2, 0) is 38.7 Å². The Kier molecular flexibility index (Phi) is 7.87. The summed E-state index contributed by atoms with van der Waals surface area (Å²) < 4.78 is 6.81. The lowest BCUT2D eigenvalue weighted by Crippen LogP contribution is -2.51. The third-order valence-electron chi connectivity index (χ3n) is 9.79. The summed E-state index contributed by atoms with van der Waals surface area (Å²) in [5, 5.41) is 15.5. The minimum atomic E-state index is -0.892. The van der Waals surface area contributed by atoms with E-state index in [-0.39, 0.29) is 31.1 Å². The van der Waals surface area contributed by atoms with Gasteiger partial charge in [0.05, 0.1) is 30.1 Å². The van der Waals surface area contributed by atoms with Crippen LogP contribution in [0.3, 0.4) is 0 Å². The van der Waals surface area contributed by atoms with Crippen LogP contribution in [0.2, 0.25) is 0 Å². The van der Waals surface area contributed by atoms with Gasteiger partial charge in [-0.3, -0.25) is 19.4 Å². The second-order valence-electron chi connectivity index (χ2n) is 12.4. The molecule has 0 spiro atoms. The molecule has 7 nitrogen and oxygen atoms in total. The minimum absolute atomic E-state index is 0.0442. The Bertz CT molecular complexity index is 2050. The molecule has 0 aliphatic heterocycles. The first-order valence-electron chi connectivity index (χ1n) is 16.0. The second-order valence-corrected chi connectivity index (χ2v) is 12.4. The first kappa shape index (κ1) is 29.8. The maximum Gasteiger partial charge on any atom is 0.303 e. The first-order valence-corrected chi connectivity index (χ1v) is 16.0. The van der Waals surface area contributed by atoms with Gasteiger partial charge in [0.25, 0.3) is 0 Å². The average molecular weight is 613 g/mol. The third kappa shape index (κ3) is 5.35. The number of carbonyl (C=O) groups is 3. The standard InChI is InChI=1S/C39H36N2O5/c1-2-39(46-23-24-8-4-3-5-9-24)21-30-29(16-14-25-12-13-26-15-18-33(42)37(39)36(26)35(25)30)38(45)40-22-28-20-27-10-6-7-11-31(27)41-32(28)17-19-34(43)44/h3-15,20,37H,2,16-19,21-23H2,1H3,(H,40,45)(H,43,44). The number of nitrogens with one attached hydrogen (secondary N) is 1. The summed E-state index contributed by atoms with van der Waals surface area (Å²) in [6.07, 6.45) is 6.25. The molecule has 7 heteroatoms. The maximum absolute atomic E-state index is 14.1. The number of pyridine rings is 1. The number of amides is 1. The molecule has 4 aromatic rings. The molecule has 0 bridgehead atoms. The molecular formula is C39H36N2O5. The first-order chi connectivity index (χ1) is 22.4. The Morgan fingerprint density at radius 3 is 2.57 bits per heavy atom. The molecular weight excluding hydrogens is 576 g/mol. The second kappa shape index (κ2) is 12.1. The van der Waals surface area contributed by atoms with Crippen LogP contribution in [0.15, 0.2) is 78.4 Å².